The monoisotopic (exact) mass is 234 g/mol. The van der Waals surface area contributed by atoms with Crippen molar-refractivity contribution in [1.29, 1.82) is 0 Å². The molecule has 1 aromatic carbocycles. The number of aromatic nitrogens is 3. The molecule has 1 heterocycles. The smallest absolute Gasteiger partial charge is 0.165 e. The first-order valence-corrected chi connectivity index (χ1v) is 6.08. The minimum absolute atomic E-state index is 0.473. The summed E-state index contributed by atoms with van der Waals surface area (Å²) in [7, 11) is 0. The predicted octanol–water partition coefficient (Wildman–Crippen LogP) is 1.96. The Kier molecular flexibility index (Phi) is 3.46. The molecule has 4 nitrogen and oxygen atoms in total. The first-order chi connectivity index (χ1) is 7.74. The summed E-state index contributed by atoms with van der Waals surface area (Å²) in [5, 5.41) is 7.62. The van der Waals surface area contributed by atoms with Crippen LogP contribution < -0.4 is 5.73 Å². The van der Waals surface area contributed by atoms with Crippen LogP contribution >= 0.6 is 11.8 Å². The van der Waals surface area contributed by atoms with Gasteiger partial charge in [0.2, 0.25) is 0 Å². The average Bonchev–Trinajstić information content (AvgIpc) is 2.67. The number of anilines is 1. The minimum atomic E-state index is 0.473. The Bertz CT molecular complexity index is 449. The van der Waals surface area contributed by atoms with E-state index in [4.69, 9.17) is 5.73 Å². The maximum absolute atomic E-state index is 5.48. The van der Waals surface area contributed by atoms with Crippen molar-refractivity contribution < 1.29 is 0 Å². The number of nitrogens with two attached hydrogens (primary N) is 1. The van der Waals surface area contributed by atoms with Crippen LogP contribution in [0.25, 0.3) is 0 Å². The lowest BCUT2D eigenvalue weighted by Crippen LogP contribution is -2.00. The molecule has 2 aromatic rings. The second-order valence-electron chi connectivity index (χ2n) is 3.57. The quantitative estimate of drug-likeness (QED) is 0.822. The Morgan fingerprint density at radius 3 is 2.69 bits per heavy atom. The molecular weight excluding hydrogens is 220 g/mol. The van der Waals surface area contributed by atoms with Gasteiger partial charge in [-0.15, -0.1) is 16.9 Å². The van der Waals surface area contributed by atoms with Gasteiger partial charge in [0.25, 0.3) is 0 Å². The number of nitrogens with zero attached hydrogens (tertiary/aromatic N) is 3. The molecule has 84 valence electrons. The molecule has 0 saturated heterocycles. The van der Waals surface area contributed by atoms with E-state index in [-0.39, 0.29) is 0 Å². The summed E-state index contributed by atoms with van der Waals surface area (Å²) in [6.07, 6.45) is 1.75. The summed E-state index contributed by atoms with van der Waals surface area (Å²) in [6, 6.07) is 8.51. The fourth-order valence-electron chi connectivity index (χ4n) is 1.31. The second-order valence-corrected chi connectivity index (χ2v) is 4.74. The van der Waals surface area contributed by atoms with Crippen LogP contribution in [0, 0.1) is 6.92 Å². The van der Waals surface area contributed by atoms with Gasteiger partial charge < -0.3 is 5.73 Å². The van der Waals surface area contributed by atoms with E-state index in [1.165, 1.54) is 10.5 Å². The van der Waals surface area contributed by atoms with Gasteiger partial charge in [0.05, 0.1) is 12.7 Å². The summed E-state index contributed by atoms with van der Waals surface area (Å²) in [5.41, 5.74) is 6.76. The fraction of sp³-hybridized carbons (Fsp3) is 0.273. The molecule has 0 saturated carbocycles. The highest BCUT2D eigenvalue weighted by molar-refractivity contribution is 7.99. The standard InChI is InChI=1S/C11H14N4S/c1-9-2-4-10(5-3-9)16-7-6-15-8-11(12)13-14-15/h2-5,8H,6-7,12H2,1H3. The third-order valence-corrected chi connectivity index (χ3v) is 3.16. The summed E-state index contributed by atoms with van der Waals surface area (Å²) in [6.45, 7) is 2.91. The molecule has 0 amide bonds. The van der Waals surface area contributed by atoms with Gasteiger partial charge in [0.1, 0.15) is 0 Å². The molecular formula is C11H14N4S. The summed E-state index contributed by atoms with van der Waals surface area (Å²) in [4.78, 5) is 1.28. The van der Waals surface area contributed by atoms with E-state index >= 15 is 0 Å². The molecule has 0 aliphatic carbocycles. The predicted molar refractivity (Wildman–Crippen MR) is 66.3 cm³/mol. The molecule has 0 spiro atoms. The van der Waals surface area contributed by atoms with E-state index in [1.54, 1.807) is 22.6 Å². The average molecular weight is 234 g/mol. The number of nitrogen functional groups attached to an aromatic ring is 1. The van der Waals surface area contributed by atoms with Gasteiger partial charge >= 0.3 is 0 Å². The van der Waals surface area contributed by atoms with E-state index in [2.05, 4.69) is 41.5 Å². The summed E-state index contributed by atoms with van der Waals surface area (Å²) < 4.78 is 1.76. The first-order valence-electron chi connectivity index (χ1n) is 5.09. The Morgan fingerprint density at radius 1 is 1.31 bits per heavy atom. The molecule has 0 fully saturated rings. The van der Waals surface area contributed by atoms with E-state index in [0.29, 0.717) is 5.82 Å². The van der Waals surface area contributed by atoms with Crippen molar-refractivity contribution in [3.63, 3.8) is 0 Å². The Morgan fingerprint density at radius 2 is 2.06 bits per heavy atom. The first kappa shape index (κ1) is 11.0. The SMILES string of the molecule is Cc1ccc(SCCn2cc(N)nn2)cc1. The summed E-state index contributed by atoms with van der Waals surface area (Å²) >= 11 is 1.80. The lowest BCUT2D eigenvalue weighted by molar-refractivity contribution is 0.632. The molecule has 0 aliphatic heterocycles. The third-order valence-electron chi connectivity index (χ3n) is 2.17. The van der Waals surface area contributed by atoms with Gasteiger partial charge in [-0.3, -0.25) is 0 Å². The molecule has 0 unspecified atom stereocenters. The van der Waals surface area contributed by atoms with Crippen LogP contribution in [0.2, 0.25) is 0 Å². The fourth-order valence-corrected chi connectivity index (χ4v) is 2.16. The molecule has 2 rings (SSSR count). The van der Waals surface area contributed by atoms with Gasteiger partial charge in [-0.2, -0.15) is 0 Å². The molecule has 0 bridgehead atoms. The van der Waals surface area contributed by atoms with Crippen LogP contribution in [0.5, 0.6) is 0 Å². The van der Waals surface area contributed by atoms with Crippen molar-refractivity contribution in [2.24, 2.45) is 0 Å². The zero-order chi connectivity index (χ0) is 11.4. The lowest BCUT2D eigenvalue weighted by atomic mass is 10.2. The van der Waals surface area contributed by atoms with Gasteiger partial charge in [0.15, 0.2) is 5.82 Å². The molecule has 0 atom stereocenters. The number of benzene rings is 1. The van der Waals surface area contributed by atoms with Gasteiger partial charge in [-0.1, -0.05) is 22.9 Å². The Hall–Kier alpha value is -1.49. The van der Waals surface area contributed by atoms with Crippen LogP contribution in [0.1, 0.15) is 5.56 Å². The molecule has 0 radical (unpaired) electrons. The largest absolute Gasteiger partial charge is 0.381 e. The van der Waals surface area contributed by atoms with E-state index in [1.807, 2.05) is 0 Å². The molecule has 1 aromatic heterocycles. The van der Waals surface area contributed by atoms with Crippen LogP contribution in [0.4, 0.5) is 5.82 Å². The van der Waals surface area contributed by atoms with E-state index in [0.717, 1.165) is 12.3 Å². The highest BCUT2D eigenvalue weighted by atomic mass is 32.2. The van der Waals surface area contributed by atoms with Crippen LogP contribution in [-0.2, 0) is 6.54 Å². The van der Waals surface area contributed by atoms with Crippen molar-refractivity contribution in [2.75, 3.05) is 11.5 Å². The van der Waals surface area contributed by atoms with Gasteiger partial charge in [0, 0.05) is 10.6 Å². The van der Waals surface area contributed by atoms with Crippen molar-refractivity contribution in [2.45, 2.75) is 18.4 Å². The van der Waals surface area contributed by atoms with Gasteiger partial charge in [-0.05, 0) is 19.1 Å². The number of rotatable bonds is 4. The normalized spacial score (nSPS) is 10.6. The molecule has 0 aliphatic rings. The second kappa shape index (κ2) is 5.03. The Balaban J connectivity index is 1.82. The highest BCUT2D eigenvalue weighted by Crippen LogP contribution is 2.18. The third kappa shape index (κ3) is 3.00. The minimum Gasteiger partial charge on any atom is -0.381 e. The van der Waals surface area contributed by atoms with E-state index in [9.17, 15) is 0 Å². The van der Waals surface area contributed by atoms with Crippen molar-refractivity contribution >= 4 is 17.6 Å². The topological polar surface area (TPSA) is 56.7 Å². The molecule has 5 heteroatoms. The van der Waals surface area contributed by atoms with Crippen molar-refractivity contribution in [3.05, 3.63) is 36.0 Å². The van der Waals surface area contributed by atoms with E-state index < -0.39 is 0 Å². The summed E-state index contributed by atoms with van der Waals surface area (Å²) in [5.74, 6) is 1.44. The zero-order valence-corrected chi connectivity index (χ0v) is 9.94. The van der Waals surface area contributed by atoms with Crippen LogP contribution in [-0.4, -0.2) is 20.7 Å². The number of hydrogen-bond donors (Lipinski definition) is 1. The van der Waals surface area contributed by atoms with Crippen LogP contribution in [0.3, 0.4) is 0 Å². The number of thioether (sulfide) groups is 1. The zero-order valence-electron chi connectivity index (χ0n) is 9.13. The van der Waals surface area contributed by atoms with Crippen LogP contribution in [0.15, 0.2) is 35.4 Å². The number of hydrogen-bond acceptors (Lipinski definition) is 4. The maximum Gasteiger partial charge on any atom is 0.165 e. The van der Waals surface area contributed by atoms with Crippen molar-refractivity contribution in [1.82, 2.24) is 15.0 Å². The Labute approximate surface area is 98.8 Å². The van der Waals surface area contributed by atoms with Gasteiger partial charge in [-0.25, -0.2) is 4.68 Å². The highest BCUT2D eigenvalue weighted by Gasteiger charge is 1.97. The molecule has 16 heavy (non-hydrogen) atoms. The molecule has 2 N–H and O–H groups in total. The number of aryl methyl sites for hydroxylation is 2. The lowest BCUT2D eigenvalue weighted by Gasteiger charge is -2.01. The maximum atomic E-state index is 5.48. The van der Waals surface area contributed by atoms with Crippen molar-refractivity contribution in [3.8, 4) is 0 Å².